The molecule has 2 aromatic rings. The minimum Gasteiger partial charge on any atom is -0.355 e. The topological polar surface area (TPSA) is 62.3 Å². The summed E-state index contributed by atoms with van der Waals surface area (Å²) >= 11 is 1.67. The van der Waals surface area contributed by atoms with E-state index in [0.29, 0.717) is 19.4 Å². The Balaban J connectivity index is 1.69. The van der Waals surface area contributed by atoms with E-state index in [1.54, 1.807) is 30.3 Å². The minimum atomic E-state index is -0.125. The molecule has 0 bridgehead atoms. The third-order valence-corrected chi connectivity index (χ3v) is 5.70. The average Bonchev–Trinajstić information content (AvgIpc) is 3.05. The summed E-state index contributed by atoms with van der Waals surface area (Å²) in [5, 5.41) is 3.95. The van der Waals surface area contributed by atoms with Crippen LogP contribution in [0.25, 0.3) is 10.2 Å². The highest BCUT2D eigenvalue weighted by molar-refractivity contribution is 7.18. The lowest BCUT2D eigenvalue weighted by Gasteiger charge is -2.26. The molecule has 0 spiro atoms. The van der Waals surface area contributed by atoms with Gasteiger partial charge in [-0.1, -0.05) is 24.3 Å². The normalized spacial score (nSPS) is 19.8. The van der Waals surface area contributed by atoms with Gasteiger partial charge in [0.05, 0.1) is 21.1 Å². The first kappa shape index (κ1) is 17.6. The first-order chi connectivity index (χ1) is 12.1. The number of fused-ring (bicyclic) bond motifs is 1. The van der Waals surface area contributed by atoms with Crippen LogP contribution in [0.3, 0.4) is 0 Å². The molecule has 0 fully saturated rings. The zero-order valence-electron chi connectivity index (χ0n) is 14.6. The quantitative estimate of drug-likeness (QED) is 0.837. The second kappa shape index (κ2) is 7.78. The van der Waals surface area contributed by atoms with Crippen LogP contribution in [0.15, 0.2) is 36.4 Å². The van der Waals surface area contributed by atoms with Crippen LogP contribution in [0.2, 0.25) is 0 Å². The molecule has 1 N–H and O–H groups in total. The molecule has 0 saturated carbocycles. The van der Waals surface area contributed by atoms with Crippen LogP contribution < -0.4 is 5.32 Å². The number of benzene rings is 1. The van der Waals surface area contributed by atoms with Gasteiger partial charge in [-0.25, -0.2) is 4.98 Å². The zero-order valence-corrected chi connectivity index (χ0v) is 15.4. The van der Waals surface area contributed by atoms with E-state index in [1.807, 2.05) is 18.2 Å². The minimum absolute atomic E-state index is 0.0140. The second-order valence-electron chi connectivity index (χ2n) is 6.50. The van der Waals surface area contributed by atoms with Crippen LogP contribution in [0.4, 0.5) is 0 Å². The van der Waals surface area contributed by atoms with Crippen molar-refractivity contribution >= 4 is 33.4 Å². The Hall–Kier alpha value is -2.21. The number of hydrogen-bond acceptors (Lipinski definition) is 4. The van der Waals surface area contributed by atoms with Crippen molar-refractivity contribution in [1.29, 1.82) is 0 Å². The van der Waals surface area contributed by atoms with Gasteiger partial charge in [0.25, 0.3) is 0 Å². The van der Waals surface area contributed by atoms with E-state index in [4.69, 9.17) is 4.98 Å². The number of amides is 2. The first-order valence-corrected chi connectivity index (χ1v) is 9.36. The Kier molecular flexibility index (Phi) is 5.48. The monoisotopic (exact) mass is 357 g/mol. The maximum absolute atomic E-state index is 12.7. The van der Waals surface area contributed by atoms with Crippen molar-refractivity contribution in [2.75, 3.05) is 20.6 Å². The summed E-state index contributed by atoms with van der Waals surface area (Å²) in [6.45, 7) is 0.378. The number of carbonyl (C=O) groups excluding carboxylic acids is 2. The van der Waals surface area contributed by atoms with Crippen LogP contribution in [-0.2, 0) is 9.59 Å². The molecule has 132 valence electrons. The van der Waals surface area contributed by atoms with Crippen molar-refractivity contribution in [3.05, 3.63) is 41.4 Å². The molecule has 1 aromatic carbocycles. The van der Waals surface area contributed by atoms with E-state index >= 15 is 0 Å². The van der Waals surface area contributed by atoms with Crippen LogP contribution in [0.1, 0.15) is 30.2 Å². The number of para-hydroxylation sites is 1. The number of aromatic nitrogens is 1. The molecule has 0 aliphatic heterocycles. The van der Waals surface area contributed by atoms with Crippen molar-refractivity contribution in [3.63, 3.8) is 0 Å². The average molecular weight is 357 g/mol. The van der Waals surface area contributed by atoms with Gasteiger partial charge < -0.3 is 10.2 Å². The summed E-state index contributed by atoms with van der Waals surface area (Å²) in [4.78, 5) is 30.6. The van der Waals surface area contributed by atoms with E-state index in [9.17, 15) is 9.59 Å². The molecule has 0 saturated heterocycles. The van der Waals surface area contributed by atoms with E-state index < -0.39 is 0 Å². The second-order valence-corrected chi connectivity index (χ2v) is 7.57. The molecule has 1 aromatic heterocycles. The lowest BCUT2D eigenvalue weighted by molar-refractivity contribution is -0.129. The number of nitrogens with zero attached hydrogens (tertiary/aromatic N) is 2. The highest BCUT2D eigenvalue weighted by Gasteiger charge is 2.32. The summed E-state index contributed by atoms with van der Waals surface area (Å²) in [6, 6.07) is 8.07. The summed E-state index contributed by atoms with van der Waals surface area (Å²) in [5.41, 5.74) is 0.993. The Labute approximate surface area is 151 Å². The molecule has 3 rings (SSSR count). The molecule has 2 atom stereocenters. The van der Waals surface area contributed by atoms with Gasteiger partial charge in [-0.3, -0.25) is 9.59 Å². The van der Waals surface area contributed by atoms with E-state index in [0.717, 1.165) is 21.6 Å². The molecule has 0 radical (unpaired) electrons. The number of thiazole rings is 1. The largest absolute Gasteiger partial charge is 0.355 e. The Morgan fingerprint density at radius 3 is 2.76 bits per heavy atom. The summed E-state index contributed by atoms with van der Waals surface area (Å²) < 4.78 is 1.16. The van der Waals surface area contributed by atoms with Gasteiger partial charge in [-0.15, -0.1) is 11.3 Å². The molecular weight excluding hydrogens is 334 g/mol. The smallest absolute Gasteiger partial charge is 0.224 e. The van der Waals surface area contributed by atoms with Crippen LogP contribution in [0.5, 0.6) is 0 Å². The van der Waals surface area contributed by atoms with Crippen molar-refractivity contribution in [2.24, 2.45) is 5.92 Å². The number of allylic oxidation sites excluding steroid dienone is 2. The van der Waals surface area contributed by atoms with Gasteiger partial charge in [0.1, 0.15) is 0 Å². The maximum atomic E-state index is 12.7. The van der Waals surface area contributed by atoms with Gasteiger partial charge in [0.2, 0.25) is 11.8 Å². The summed E-state index contributed by atoms with van der Waals surface area (Å²) in [5.74, 6) is 0.0127. The fraction of sp³-hybridized carbons (Fsp3) is 0.421. The zero-order chi connectivity index (χ0) is 17.8. The van der Waals surface area contributed by atoms with E-state index in [1.165, 1.54) is 0 Å². The van der Waals surface area contributed by atoms with Gasteiger partial charge >= 0.3 is 0 Å². The van der Waals surface area contributed by atoms with Crippen LogP contribution in [0, 0.1) is 5.92 Å². The third kappa shape index (κ3) is 4.07. The number of nitrogens with one attached hydrogen (secondary N) is 1. The van der Waals surface area contributed by atoms with Gasteiger partial charge in [0, 0.05) is 33.0 Å². The standard InChI is InChI=1S/C19H23N3O2S/c1-22(2)17(23)11-12-20-18(24)13-7-3-4-8-14(13)19-21-15-9-5-6-10-16(15)25-19/h3-6,9-10,13-14H,7-8,11-12H2,1-2H3,(H,20,24)/t13-,14+/m1/s1. The fourth-order valence-corrected chi connectivity index (χ4v) is 4.22. The van der Waals surface area contributed by atoms with E-state index in [-0.39, 0.29) is 23.7 Å². The summed E-state index contributed by atoms with van der Waals surface area (Å²) in [7, 11) is 3.44. The Morgan fingerprint density at radius 2 is 2.00 bits per heavy atom. The lowest BCUT2D eigenvalue weighted by atomic mass is 9.82. The lowest BCUT2D eigenvalue weighted by Crippen LogP contribution is -2.37. The molecule has 0 unspecified atom stereocenters. The summed E-state index contributed by atoms with van der Waals surface area (Å²) in [6.07, 6.45) is 6.07. The Morgan fingerprint density at radius 1 is 1.24 bits per heavy atom. The molecule has 5 nitrogen and oxygen atoms in total. The SMILES string of the molecule is CN(C)C(=O)CCNC(=O)[C@@H]1CC=CC[C@@H]1c1nc2ccccc2s1. The van der Waals surface area contributed by atoms with Gasteiger partial charge in [-0.05, 0) is 25.0 Å². The number of hydrogen-bond donors (Lipinski definition) is 1. The third-order valence-electron chi connectivity index (χ3n) is 4.53. The number of rotatable bonds is 5. The highest BCUT2D eigenvalue weighted by Crippen LogP contribution is 2.38. The maximum Gasteiger partial charge on any atom is 0.224 e. The number of carbonyl (C=O) groups is 2. The van der Waals surface area contributed by atoms with Crippen LogP contribution >= 0.6 is 11.3 Å². The predicted molar refractivity (Wildman–Crippen MR) is 101 cm³/mol. The highest BCUT2D eigenvalue weighted by atomic mass is 32.1. The van der Waals surface area contributed by atoms with E-state index in [2.05, 4.69) is 23.5 Å². The molecule has 25 heavy (non-hydrogen) atoms. The molecule has 1 aliphatic carbocycles. The molecule has 1 heterocycles. The van der Waals surface area contributed by atoms with Gasteiger partial charge in [0.15, 0.2) is 0 Å². The molecule has 1 aliphatic rings. The Bertz CT molecular complexity index is 764. The first-order valence-electron chi connectivity index (χ1n) is 8.54. The molecule has 6 heteroatoms. The van der Waals surface area contributed by atoms with Crippen LogP contribution in [-0.4, -0.2) is 42.3 Å². The van der Waals surface area contributed by atoms with Crippen molar-refractivity contribution < 1.29 is 9.59 Å². The van der Waals surface area contributed by atoms with Gasteiger partial charge in [-0.2, -0.15) is 0 Å². The fourth-order valence-electron chi connectivity index (χ4n) is 3.07. The van der Waals surface area contributed by atoms with Crippen molar-refractivity contribution in [3.8, 4) is 0 Å². The molecule has 2 amide bonds. The van der Waals surface area contributed by atoms with Crippen molar-refractivity contribution in [2.45, 2.75) is 25.2 Å². The van der Waals surface area contributed by atoms with Crippen molar-refractivity contribution in [1.82, 2.24) is 15.2 Å². The molecular formula is C19H23N3O2S. The predicted octanol–water partition coefficient (Wildman–Crippen LogP) is 2.94.